The van der Waals surface area contributed by atoms with Gasteiger partial charge in [0.2, 0.25) is 5.88 Å². The lowest BCUT2D eigenvalue weighted by Gasteiger charge is -2.11. The van der Waals surface area contributed by atoms with E-state index in [1.807, 2.05) is 12.1 Å². The lowest BCUT2D eigenvalue weighted by Crippen LogP contribution is -2.14. The van der Waals surface area contributed by atoms with Crippen molar-refractivity contribution in [3.8, 4) is 5.88 Å². The summed E-state index contributed by atoms with van der Waals surface area (Å²) in [5.41, 5.74) is 1.91. The number of aromatic nitrogens is 1. The number of pyridine rings is 1. The Bertz CT molecular complexity index is 573. The van der Waals surface area contributed by atoms with Gasteiger partial charge in [0.15, 0.2) is 0 Å². The molecule has 1 aromatic heterocycles. The molecule has 0 saturated heterocycles. The highest BCUT2D eigenvalue weighted by Crippen LogP contribution is 2.23. The zero-order chi connectivity index (χ0) is 14.5. The minimum Gasteiger partial charge on any atom is -0.481 e. The monoisotopic (exact) mass is 311 g/mol. The van der Waals surface area contributed by atoms with Crippen molar-refractivity contribution in [3.05, 3.63) is 57.7 Å². The van der Waals surface area contributed by atoms with Crippen LogP contribution in [0, 0.1) is 0 Å². The zero-order valence-corrected chi connectivity index (χ0v) is 12.5. The molecule has 0 saturated carbocycles. The fourth-order valence-electron chi connectivity index (χ4n) is 1.94. The van der Waals surface area contributed by atoms with Crippen LogP contribution in [0.15, 0.2) is 36.5 Å². The van der Waals surface area contributed by atoms with Gasteiger partial charge in [0, 0.05) is 18.7 Å². The third kappa shape index (κ3) is 4.10. The number of benzene rings is 1. The normalized spacial score (nSPS) is 12.2. The molecule has 0 bridgehead atoms. The minimum atomic E-state index is -0.498. The molecule has 0 fully saturated rings. The number of aliphatic hydroxyl groups is 1. The van der Waals surface area contributed by atoms with Crippen LogP contribution in [-0.4, -0.2) is 23.3 Å². The van der Waals surface area contributed by atoms with Crippen molar-refractivity contribution in [1.29, 1.82) is 0 Å². The van der Waals surface area contributed by atoms with E-state index in [0.717, 1.165) is 11.1 Å². The summed E-state index contributed by atoms with van der Waals surface area (Å²) in [6.45, 7) is 0. The first-order chi connectivity index (χ1) is 9.58. The molecular weight excluding hydrogens is 297 g/mol. The summed E-state index contributed by atoms with van der Waals surface area (Å²) < 4.78 is 4.99. The molecule has 1 aromatic carbocycles. The van der Waals surface area contributed by atoms with Crippen LogP contribution < -0.4 is 4.74 Å². The molecule has 0 spiro atoms. The Hall–Kier alpha value is -1.29. The summed E-state index contributed by atoms with van der Waals surface area (Å²) in [5, 5.41) is 11.1. The highest BCUT2D eigenvalue weighted by atomic mass is 35.5. The Morgan fingerprint density at radius 3 is 2.40 bits per heavy atom. The SMILES string of the molecule is COc1ccc(CC(O)Cc2ccc(Cl)c(Cl)c2)cn1. The average molecular weight is 312 g/mol. The summed E-state index contributed by atoms with van der Waals surface area (Å²) in [6, 6.07) is 9.05. The summed E-state index contributed by atoms with van der Waals surface area (Å²) in [4.78, 5) is 4.11. The van der Waals surface area contributed by atoms with E-state index in [2.05, 4.69) is 4.98 Å². The quantitative estimate of drug-likeness (QED) is 0.918. The van der Waals surface area contributed by atoms with Crippen LogP contribution in [0.4, 0.5) is 0 Å². The number of aliphatic hydroxyl groups excluding tert-OH is 1. The summed E-state index contributed by atoms with van der Waals surface area (Å²) in [6.07, 6.45) is 2.25. The van der Waals surface area contributed by atoms with Gasteiger partial charge in [0.05, 0.1) is 23.3 Å². The van der Waals surface area contributed by atoms with Gasteiger partial charge in [0.1, 0.15) is 0 Å². The van der Waals surface area contributed by atoms with Crippen molar-refractivity contribution >= 4 is 23.2 Å². The molecule has 5 heteroatoms. The molecular formula is C15H15Cl2NO2. The third-order valence-corrected chi connectivity index (χ3v) is 3.67. The van der Waals surface area contributed by atoms with Crippen LogP contribution >= 0.6 is 23.2 Å². The van der Waals surface area contributed by atoms with E-state index < -0.39 is 6.10 Å². The fourth-order valence-corrected chi connectivity index (χ4v) is 2.26. The molecule has 1 unspecified atom stereocenters. The van der Waals surface area contributed by atoms with Crippen molar-refractivity contribution < 1.29 is 9.84 Å². The summed E-state index contributed by atoms with van der Waals surface area (Å²) in [7, 11) is 1.57. The van der Waals surface area contributed by atoms with Crippen molar-refractivity contribution in [2.24, 2.45) is 0 Å². The van der Waals surface area contributed by atoms with Gasteiger partial charge < -0.3 is 9.84 Å². The van der Waals surface area contributed by atoms with Gasteiger partial charge in [-0.05, 0) is 29.7 Å². The number of rotatable bonds is 5. The molecule has 1 atom stereocenters. The van der Waals surface area contributed by atoms with Crippen LogP contribution in [0.1, 0.15) is 11.1 Å². The smallest absolute Gasteiger partial charge is 0.212 e. The van der Waals surface area contributed by atoms with Crippen molar-refractivity contribution in [2.45, 2.75) is 18.9 Å². The van der Waals surface area contributed by atoms with Crippen LogP contribution in [-0.2, 0) is 12.8 Å². The Kier molecular flexibility index (Phi) is 5.24. The van der Waals surface area contributed by atoms with E-state index >= 15 is 0 Å². The Balaban J connectivity index is 1.97. The maximum Gasteiger partial charge on any atom is 0.212 e. The summed E-state index contributed by atoms with van der Waals surface area (Å²) >= 11 is 11.8. The van der Waals surface area contributed by atoms with Gasteiger partial charge in [0.25, 0.3) is 0 Å². The molecule has 3 nitrogen and oxygen atoms in total. The number of halogens is 2. The molecule has 2 rings (SSSR count). The second-order valence-corrected chi connectivity index (χ2v) is 5.33. The summed E-state index contributed by atoms with van der Waals surface area (Å²) in [5.74, 6) is 0.563. The molecule has 2 aromatic rings. The Morgan fingerprint density at radius 1 is 1.10 bits per heavy atom. The maximum atomic E-state index is 10.1. The molecule has 0 amide bonds. The topological polar surface area (TPSA) is 42.4 Å². The average Bonchev–Trinajstić information content (AvgIpc) is 2.44. The molecule has 0 aliphatic carbocycles. The second kappa shape index (κ2) is 6.93. The lowest BCUT2D eigenvalue weighted by atomic mass is 10.0. The van der Waals surface area contributed by atoms with Gasteiger partial charge in [-0.15, -0.1) is 0 Å². The lowest BCUT2D eigenvalue weighted by molar-refractivity contribution is 0.175. The van der Waals surface area contributed by atoms with Crippen LogP contribution in [0.2, 0.25) is 10.0 Å². The van der Waals surface area contributed by atoms with Gasteiger partial charge in [-0.3, -0.25) is 0 Å². The highest BCUT2D eigenvalue weighted by molar-refractivity contribution is 6.42. The Morgan fingerprint density at radius 2 is 1.80 bits per heavy atom. The fraction of sp³-hybridized carbons (Fsp3) is 0.267. The van der Waals surface area contributed by atoms with E-state index in [1.165, 1.54) is 0 Å². The zero-order valence-electron chi connectivity index (χ0n) is 11.0. The predicted octanol–water partition coefficient (Wildman–Crippen LogP) is 3.54. The molecule has 0 radical (unpaired) electrons. The molecule has 20 heavy (non-hydrogen) atoms. The molecule has 0 aliphatic heterocycles. The number of nitrogens with zero attached hydrogens (tertiary/aromatic N) is 1. The standard InChI is InChI=1S/C15H15Cl2NO2/c1-20-15-5-3-11(9-18-15)7-12(19)6-10-2-4-13(16)14(17)8-10/h2-5,8-9,12,19H,6-7H2,1H3. The first-order valence-electron chi connectivity index (χ1n) is 6.19. The van der Waals surface area contributed by atoms with Crippen molar-refractivity contribution in [1.82, 2.24) is 4.98 Å². The largest absolute Gasteiger partial charge is 0.481 e. The van der Waals surface area contributed by atoms with E-state index in [1.54, 1.807) is 31.5 Å². The van der Waals surface area contributed by atoms with E-state index in [-0.39, 0.29) is 0 Å². The number of methoxy groups -OCH3 is 1. The second-order valence-electron chi connectivity index (χ2n) is 4.52. The van der Waals surface area contributed by atoms with Gasteiger partial charge in [-0.1, -0.05) is 35.3 Å². The number of hydrogen-bond acceptors (Lipinski definition) is 3. The molecule has 1 N–H and O–H groups in total. The minimum absolute atomic E-state index is 0.498. The van der Waals surface area contributed by atoms with E-state index in [9.17, 15) is 5.11 Å². The van der Waals surface area contributed by atoms with Crippen LogP contribution in [0.3, 0.4) is 0 Å². The van der Waals surface area contributed by atoms with Gasteiger partial charge in [-0.25, -0.2) is 4.98 Å². The molecule has 1 heterocycles. The first kappa shape index (κ1) is 15.1. The van der Waals surface area contributed by atoms with Crippen molar-refractivity contribution in [2.75, 3.05) is 7.11 Å². The highest BCUT2D eigenvalue weighted by Gasteiger charge is 2.09. The molecule has 106 valence electrons. The molecule has 0 aliphatic rings. The van der Waals surface area contributed by atoms with Gasteiger partial charge >= 0.3 is 0 Å². The Labute approximate surface area is 128 Å². The van der Waals surface area contributed by atoms with E-state index in [0.29, 0.717) is 28.8 Å². The van der Waals surface area contributed by atoms with Crippen molar-refractivity contribution in [3.63, 3.8) is 0 Å². The van der Waals surface area contributed by atoms with Crippen LogP contribution in [0.5, 0.6) is 5.88 Å². The van der Waals surface area contributed by atoms with E-state index in [4.69, 9.17) is 27.9 Å². The van der Waals surface area contributed by atoms with Gasteiger partial charge in [-0.2, -0.15) is 0 Å². The maximum absolute atomic E-state index is 10.1. The number of hydrogen-bond donors (Lipinski definition) is 1. The predicted molar refractivity (Wildman–Crippen MR) is 80.7 cm³/mol. The number of ether oxygens (including phenoxy) is 1. The first-order valence-corrected chi connectivity index (χ1v) is 6.95. The third-order valence-electron chi connectivity index (χ3n) is 2.93. The van der Waals surface area contributed by atoms with Crippen LogP contribution in [0.25, 0.3) is 0 Å².